The number of piperazine rings is 1. The number of rotatable bonds is 2. The summed E-state index contributed by atoms with van der Waals surface area (Å²) >= 11 is 0. The van der Waals surface area contributed by atoms with Gasteiger partial charge in [-0.3, -0.25) is 9.78 Å². The largest absolute Gasteiger partial charge is 0.467 e. The van der Waals surface area contributed by atoms with E-state index in [2.05, 4.69) is 10.3 Å². The number of ether oxygens (including phenoxy) is 1. The lowest BCUT2D eigenvalue weighted by atomic mass is 10.1. The molecule has 1 aliphatic rings. The van der Waals surface area contributed by atoms with Gasteiger partial charge in [0.25, 0.3) is 5.91 Å². The van der Waals surface area contributed by atoms with Gasteiger partial charge in [-0.15, -0.1) is 0 Å². The van der Waals surface area contributed by atoms with Crippen molar-refractivity contribution in [3.8, 4) is 0 Å². The molecule has 0 saturated carbocycles. The van der Waals surface area contributed by atoms with E-state index in [0.717, 1.165) is 0 Å². The maximum absolute atomic E-state index is 12.3. The van der Waals surface area contributed by atoms with Gasteiger partial charge in [0.1, 0.15) is 6.04 Å². The molecule has 1 N–H and O–H groups in total. The van der Waals surface area contributed by atoms with Crippen LogP contribution in [0, 0.1) is 0 Å². The van der Waals surface area contributed by atoms with Crippen molar-refractivity contribution in [2.45, 2.75) is 6.04 Å². The number of nitrogens with one attached hydrogen (secondary N) is 1. The fourth-order valence-corrected chi connectivity index (χ4v) is 1.95. The van der Waals surface area contributed by atoms with Crippen LogP contribution in [0.3, 0.4) is 0 Å². The van der Waals surface area contributed by atoms with Crippen molar-refractivity contribution in [1.29, 1.82) is 0 Å². The Morgan fingerprint density at radius 1 is 1.56 bits per heavy atom. The lowest BCUT2D eigenvalue weighted by molar-refractivity contribution is -0.146. The molecule has 0 spiro atoms. The molecule has 96 valence electrons. The van der Waals surface area contributed by atoms with Crippen LogP contribution in [0.2, 0.25) is 0 Å². The van der Waals surface area contributed by atoms with Crippen molar-refractivity contribution in [2.75, 3.05) is 26.7 Å². The smallest absolute Gasteiger partial charge is 0.329 e. The molecule has 6 heteroatoms. The molecule has 2 rings (SSSR count). The van der Waals surface area contributed by atoms with Crippen LogP contribution in [-0.4, -0.2) is 54.5 Å². The molecule has 0 radical (unpaired) electrons. The SMILES string of the molecule is COC(=O)[C@H]1CNCCN1C(=O)c1cccnc1. The van der Waals surface area contributed by atoms with Crippen molar-refractivity contribution < 1.29 is 14.3 Å². The van der Waals surface area contributed by atoms with E-state index in [0.29, 0.717) is 25.2 Å². The summed E-state index contributed by atoms with van der Waals surface area (Å²) in [6, 6.07) is 2.81. The standard InChI is InChI=1S/C12H15N3O3/c1-18-12(17)10-8-14-5-6-15(10)11(16)9-3-2-4-13-7-9/h2-4,7,10,14H,5-6,8H2,1H3/t10-/m1/s1. The summed E-state index contributed by atoms with van der Waals surface area (Å²) in [6.07, 6.45) is 3.10. The van der Waals surface area contributed by atoms with E-state index in [1.165, 1.54) is 18.2 Å². The molecule has 1 aliphatic heterocycles. The summed E-state index contributed by atoms with van der Waals surface area (Å²) < 4.78 is 4.72. The van der Waals surface area contributed by atoms with E-state index in [4.69, 9.17) is 4.74 Å². The Morgan fingerprint density at radius 3 is 3.06 bits per heavy atom. The highest BCUT2D eigenvalue weighted by molar-refractivity contribution is 5.96. The van der Waals surface area contributed by atoms with Crippen LogP contribution in [0.5, 0.6) is 0 Å². The van der Waals surface area contributed by atoms with Gasteiger partial charge in [-0.25, -0.2) is 4.79 Å². The third-order valence-electron chi connectivity index (χ3n) is 2.89. The zero-order valence-corrected chi connectivity index (χ0v) is 10.1. The van der Waals surface area contributed by atoms with E-state index >= 15 is 0 Å². The number of esters is 1. The van der Waals surface area contributed by atoms with Crippen molar-refractivity contribution in [3.63, 3.8) is 0 Å². The molecular formula is C12H15N3O3. The van der Waals surface area contributed by atoms with E-state index in [-0.39, 0.29) is 5.91 Å². The number of pyridine rings is 1. The third-order valence-corrected chi connectivity index (χ3v) is 2.89. The molecule has 0 aromatic carbocycles. The minimum absolute atomic E-state index is 0.194. The number of nitrogens with zero attached hydrogens (tertiary/aromatic N) is 2. The fourth-order valence-electron chi connectivity index (χ4n) is 1.95. The van der Waals surface area contributed by atoms with Crippen molar-refractivity contribution in [1.82, 2.24) is 15.2 Å². The highest BCUT2D eigenvalue weighted by atomic mass is 16.5. The van der Waals surface area contributed by atoms with E-state index in [9.17, 15) is 9.59 Å². The average Bonchev–Trinajstić information content (AvgIpc) is 2.46. The first-order valence-electron chi connectivity index (χ1n) is 5.73. The summed E-state index contributed by atoms with van der Waals surface area (Å²) in [7, 11) is 1.32. The molecule has 1 fully saturated rings. The normalized spacial score (nSPS) is 19.4. The van der Waals surface area contributed by atoms with Crippen molar-refractivity contribution in [2.24, 2.45) is 0 Å². The van der Waals surface area contributed by atoms with Gasteiger partial charge in [-0.05, 0) is 12.1 Å². The fraction of sp³-hybridized carbons (Fsp3) is 0.417. The monoisotopic (exact) mass is 249 g/mol. The molecular weight excluding hydrogens is 234 g/mol. The van der Waals surface area contributed by atoms with Crippen LogP contribution in [-0.2, 0) is 9.53 Å². The van der Waals surface area contributed by atoms with Crippen LogP contribution in [0.4, 0.5) is 0 Å². The topological polar surface area (TPSA) is 71.5 Å². The van der Waals surface area contributed by atoms with Gasteiger partial charge in [-0.1, -0.05) is 0 Å². The van der Waals surface area contributed by atoms with Gasteiger partial charge in [0.2, 0.25) is 0 Å². The summed E-state index contributed by atoms with van der Waals surface area (Å²) in [6.45, 7) is 1.56. The molecule has 1 amide bonds. The third kappa shape index (κ3) is 2.48. The number of methoxy groups -OCH3 is 1. The molecule has 2 heterocycles. The van der Waals surface area contributed by atoms with Crippen LogP contribution in [0.1, 0.15) is 10.4 Å². The highest BCUT2D eigenvalue weighted by Crippen LogP contribution is 2.10. The van der Waals surface area contributed by atoms with Crippen LogP contribution in [0.15, 0.2) is 24.5 Å². The Kier molecular flexibility index (Phi) is 3.88. The molecule has 1 saturated heterocycles. The zero-order chi connectivity index (χ0) is 13.0. The number of carbonyl (C=O) groups is 2. The lowest BCUT2D eigenvalue weighted by Gasteiger charge is -2.34. The molecule has 1 aromatic heterocycles. The predicted octanol–water partition coefficient (Wildman–Crippen LogP) is -0.331. The molecule has 1 aromatic rings. The number of hydrogen-bond donors (Lipinski definition) is 1. The minimum Gasteiger partial charge on any atom is -0.467 e. The first-order chi connectivity index (χ1) is 8.74. The van der Waals surface area contributed by atoms with Crippen LogP contribution < -0.4 is 5.32 Å². The van der Waals surface area contributed by atoms with E-state index < -0.39 is 12.0 Å². The Labute approximate surface area is 105 Å². The van der Waals surface area contributed by atoms with E-state index in [1.54, 1.807) is 18.3 Å². The molecule has 0 aliphatic carbocycles. The maximum atomic E-state index is 12.3. The summed E-state index contributed by atoms with van der Waals surface area (Å²) in [5, 5.41) is 3.08. The Balaban J connectivity index is 2.19. The molecule has 1 atom stereocenters. The molecule has 0 unspecified atom stereocenters. The average molecular weight is 249 g/mol. The van der Waals surface area contributed by atoms with Crippen molar-refractivity contribution in [3.05, 3.63) is 30.1 Å². The molecule has 0 bridgehead atoms. The second kappa shape index (κ2) is 5.59. The first-order valence-corrected chi connectivity index (χ1v) is 5.73. The maximum Gasteiger partial charge on any atom is 0.329 e. The number of amides is 1. The Hall–Kier alpha value is -1.95. The van der Waals surface area contributed by atoms with E-state index in [1.807, 2.05) is 0 Å². The van der Waals surface area contributed by atoms with Crippen molar-refractivity contribution >= 4 is 11.9 Å². The van der Waals surface area contributed by atoms with Crippen LogP contribution >= 0.6 is 0 Å². The summed E-state index contributed by atoms with van der Waals surface area (Å²) in [4.78, 5) is 29.4. The Morgan fingerprint density at radius 2 is 2.39 bits per heavy atom. The molecule has 18 heavy (non-hydrogen) atoms. The zero-order valence-electron chi connectivity index (χ0n) is 10.1. The minimum atomic E-state index is -0.573. The quantitative estimate of drug-likeness (QED) is 0.727. The van der Waals surface area contributed by atoms with Gasteiger partial charge in [0, 0.05) is 32.0 Å². The lowest BCUT2D eigenvalue weighted by Crippen LogP contribution is -2.57. The Bertz CT molecular complexity index is 435. The van der Waals surface area contributed by atoms with Crippen LogP contribution in [0.25, 0.3) is 0 Å². The predicted molar refractivity (Wildman–Crippen MR) is 63.9 cm³/mol. The summed E-state index contributed by atoms with van der Waals surface area (Å²) in [5.41, 5.74) is 0.480. The second-order valence-electron chi connectivity index (χ2n) is 3.98. The highest BCUT2D eigenvalue weighted by Gasteiger charge is 2.33. The van der Waals surface area contributed by atoms with Gasteiger partial charge < -0.3 is 15.0 Å². The summed E-state index contributed by atoms with van der Waals surface area (Å²) in [5.74, 6) is -0.598. The second-order valence-corrected chi connectivity index (χ2v) is 3.98. The van der Waals surface area contributed by atoms with Gasteiger partial charge in [0.05, 0.1) is 12.7 Å². The number of aromatic nitrogens is 1. The first kappa shape index (κ1) is 12.5. The molecule has 6 nitrogen and oxygen atoms in total. The van der Waals surface area contributed by atoms with Gasteiger partial charge >= 0.3 is 5.97 Å². The van der Waals surface area contributed by atoms with Gasteiger partial charge in [0.15, 0.2) is 0 Å². The number of hydrogen-bond acceptors (Lipinski definition) is 5. The number of carbonyl (C=O) groups excluding carboxylic acids is 2. The van der Waals surface area contributed by atoms with Gasteiger partial charge in [-0.2, -0.15) is 0 Å².